The molecule has 2 unspecified atom stereocenters. The minimum atomic E-state index is -0.442. The number of pyridine rings is 1. The van der Waals surface area contributed by atoms with E-state index in [-0.39, 0.29) is 5.92 Å². The van der Waals surface area contributed by atoms with Crippen molar-refractivity contribution in [1.29, 1.82) is 0 Å². The fraction of sp³-hybridized carbons (Fsp3) is 0.545. The van der Waals surface area contributed by atoms with Crippen LogP contribution in [-0.2, 0) is 5.54 Å². The maximum Gasteiger partial charge on any atom is 0.0603 e. The van der Waals surface area contributed by atoms with Crippen LogP contribution in [0.5, 0.6) is 0 Å². The summed E-state index contributed by atoms with van der Waals surface area (Å²) >= 11 is 0. The summed E-state index contributed by atoms with van der Waals surface area (Å²) in [5.41, 5.74) is 13.4. The van der Waals surface area contributed by atoms with E-state index < -0.39 is 5.54 Å². The molecule has 3 heteroatoms. The minimum Gasteiger partial charge on any atom is -0.330 e. The molecule has 0 aliphatic carbocycles. The van der Waals surface area contributed by atoms with Gasteiger partial charge in [0.25, 0.3) is 0 Å². The topological polar surface area (TPSA) is 64.9 Å². The van der Waals surface area contributed by atoms with Crippen molar-refractivity contribution in [2.45, 2.75) is 26.3 Å². The summed E-state index contributed by atoms with van der Waals surface area (Å²) in [6.07, 6.45) is 1.84. The monoisotopic (exact) mass is 193 g/mol. The molecule has 4 N–H and O–H groups in total. The first-order valence-corrected chi connectivity index (χ1v) is 4.90. The van der Waals surface area contributed by atoms with E-state index >= 15 is 0 Å². The van der Waals surface area contributed by atoms with E-state index in [1.54, 1.807) is 0 Å². The second-order valence-corrected chi connectivity index (χ2v) is 4.14. The zero-order valence-electron chi connectivity index (χ0n) is 9.12. The first kappa shape index (κ1) is 11.1. The van der Waals surface area contributed by atoms with Crippen LogP contribution in [0.2, 0.25) is 0 Å². The molecule has 1 rings (SSSR count). The molecule has 0 aliphatic heterocycles. The number of aryl methyl sites for hydroxylation is 1. The summed E-state index contributed by atoms with van der Waals surface area (Å²) < 4.78 is 0. The van der Waals surface area contributed by atoms with Crippen LogP contribution < -0.4 is 11.5 Å². The Kier molecular flexibility index (Phi) is 3.24. The molecule has 0 saturated heterocycles. The van der Waals surface area contributed by atoms with Crippen molar-refractivity contribution in [2.75, 3.05) is 6.54 Å². The molecule has 0 radical (unpaired) electrons. The number of hydrogen-bond acceptors (Lipinski definition) is 3. The molecule has 3 nitrogen and oxygen atoms in total. The van der Waals surface area contributed by atoms with Gasteiger partial charge in [-0.1, -0.05) is 13.0 Å². The van der Waals surface area contributed by atoms with Gasteiger partial charge in [-0.3, -0.25) is 4.98 Å². The predicted octanol–water partition coefficient (Wildman–Crippen LogP) is 1.16. The predicted molar refractivity (Wildman–Crippen MR) is 58.7 cm³/mol. The van der Waals surface area contributed by atoms with E-state index in [0.717, 1.165) is 11.3 Å². The molecule has 0 spiro atoms. The smallest absolute Gasteiger partial charge is 0.0603 e. The molecular formula is C11H19N3. The lowest BCUT2D eigenvalue weighted by Gasteiger charge is -2.30. The zero-order valence-corrected chi connectivity index (χ0v) is 9.12. The minimum absolute atomic E-state index is 0.220. The number of aromatic nitrogens is 1. The molecular weight excluding hydrogens is 174 g/mol. The Morgan fingerprint density at radius 2 is 2.14 bits per heavy atom. The van der Waals surface area contributed by atoms with Gasteiger partial charge in [-0.2, -0.15) is 0 Å². The van der Waals surface area contributed by atoms with Gasteiger partial charge in [0.2, 0.25) is 0 Å². The number of rotatable bonds is 3. The Bertz CT molecular complexity index is 290. The summed E-state index contributed by atoms with van der Waals surface area (Å²) in [6, 6.07) is 4.00. The highest BCUT2D eigenvalue weighted by Crippen LogP contribution is 2.23. The summed E-state index contributed by atoms with van der Waals surface area (Å²) in [5, 5.41) is 0. The van der Waals surface area contributed by atoms with Gasteiger partial charge in [-0.15, -0.1) is 0 Å². The summed E-state index contributed by atoms with van der Waals surface area (Å²) in [4.78, 5) is 4.34. The molecule has 1 aromatic rings. The highest BCUT2D eigenvalue weighted by Gasteiger charge is 2.28. The third-order valence-electron chi connectivity index (χ3n) is 2.84. The van der Waals surface area contributed by atoms with Crippen molar-refractivity contribution in [3.05, 3.63) is 29.6 Å². The van der Waals surface area contributed by atoms with Crippen LogP contribution >= 0.6 is 0 Å². The molecule has 0 fully saturated rings. The molecule has 2 atom stereocenters. The summed E-state index contributed by atoms with van der Waals surface area (Å²) in [6.45, 7) is 6.60. The zero-order chi connectivity index (χ0) is 10.8. The molecule has 1 aromatic heterocycles. The Morgan fingerprint density at radius 3 is 2.57 bits per heavy atom. The quantitative estimate of drug-likeness (QED) is 0.757. The second-order valence-electron chi connectivity index (χ2n) is 4.14. The van der Waals surface area contributed by atoms with Crippen molar-refractivity contribution in [2.24, 2.45) is 17.4 Å². The molecule has 0 bridgehead atoms. The van der Waals surface area contributed by atoms with Crippen LogP contribution in [0.4, 0.5) is 0 Å². The van der Waals surface area contributed by atoms with Gasteiger partial charge in [0, 0.05) is 6.20 Å². The van der Waals surface area contributed by atoms with Crippen LogP contribution in [0.15, 0.2) is 18.3 Å². The third kappa shape index (κ3) is 2.11. The van der Waals surface area contributed by atoms with E-state index in [2.05, 4.69) is 4.98 Å². The fourth-order valence-electron chi connectivity index (χ4n) is 1.28. The molecule has 78 valence electrons. The van der Waals surface area contributed by atoms with Crippen LogP contribution in [-0.4, -0.2) is 11.5 Å². The number of nitrogens with two attached hydrogens (primary N) is 2. The lowest BCUT2D eigenvalue weighted by atomic mass is 9.84. The van der Waals surface area contributed by atoms with Gasteiger partial charge in [-0.25, -0.2) is 0 Å². The Morgan fingerprint density at radius 1 is 1.50 bits per heavy atom. The Labute approximate surface area is 85.5 Å². The molecule has 14 heavy (non-hydrogen) atoms. The van der Waals surface area contributed by atoms with Crippen LogP contribution in [0.25, 0.3) is 0 Å². The fourth-order valence-corrected chi connectivity index (χ4v) is 1.28. The average molecular weight is 193 g/mol. The normalized spacial score (nSPS) is 17.5. The largest absolute Gasteiger partial charge is 0.330 e. The SMILES string of the molecule is Cc1ccc(C(C)(N)C(C)CN)nc1. The summed E-state index contributed by atoms with van der Waals surface area (Å²) in [5.74, 6) is 0.220. The molecule has 0 aromatic carbocycles. The van der Waals surface area contributed by atoms with Crippen molar-refractivity contribution in [1.82, 2.24) is 4.98 Å². The van der Waals surface area contributed by atoms with Gasteiger partial charge < -0.3 is 11.5 Å². The van der Waals surface area contributed by atoms with E-state index in [4.69, 9.17) is 11.5 Å². The van der Waals surface area contributed by atoms with Crippen molar-refractivity contribution >= 4 is 0 Å². The molecule has 0 aliphatic rings. The van der Waals surface area contributed by atoms with E-state index in [0.29, 0.717) is 6.54 Å². The van der Waals surface area contributed by atoms with Gasteiger partial charge in [0.15, 0.2) is 0 Å². The van der Waals surface area contributed by atoms with Crippen molar-refractivity contribution < 1.29 is 0 Å². The second kappa shape index (κ2) is 4.07. The van der Waals surface area contributed by atoms with E-state index in [1.165, 1.54) is 0 Å². The standard InChI is InChI=1S/C11H19N3/c1-8-4-5-10(14-7-8)11(3,13)9(2)6-12/h4-5,7,9H,6,12-13H2,1-3H3. The van der Waals surface area contributed by atoms with Gasteiger partial charge >= 0.3 is 0 Å². The number of hydrogen-bond donors (Lipinski definition) is 2. The van der Waals surface area contributed by atoms with Crippen LogP contribution in [0.3, 0.4) is 0 Å². The Hall–Kier alpha value is -0.930. The molecule has 0 saturated carbocycles. The summed E-state index contributed by atoms with van der Waals surface area (Å²) in [7, 11) is 0. The van der Waals surface area contributed by atoms with Gasteiger partial charge in [0.1, 0.15) is 0 Å². The van der Waals surface area contributed by atoms with Crippen molar-refractivity contribution in [3.63, 3.8) is 0 Å². The Balaban J connectivity index is 2.97. The lowest BCUT2D eigenvalue weighted by Crippen LogP contribution is -2.43. The van der Waals surface area contributed by atoms with Crippen LogP contribution in [0.1, 0.15) is 25.1 Å². The van der Waals surface area contributed by atoms with Gasteiger partial charge in [-0.05, 0) is 37.9 Å². The highest BCUT2D eigenvalue weighted by atomic mass is 14.8. The molecule has 0 amide bonds. The van der Waals surface area contributed by atoms with Gasteiger partial charge in [0.05, 0.1) is 11.2 Å². The first-order valence-electron chi connectivity index (χ1n) is 4.90. The first-order chi connectivity index (χ1) is 6.48. The lowest BCUT2D eigenvalue weighted by molar-refractivity contribution is 0.324. The van der Waals surface area contributed by atoms with E-state index in [1.807, 2.05) is 39.1 Å². The maximum atomic E-state index is 6.20. The third-order valence-corrected chi connectivity index (χ3v) is 2.84. The number of nitrogens with zero attached hydrogens (tertiary/aromatic N) is 1. The maximum absolute atomic E-state index is 6.20. The highest BCUT2D eigenvalue weighted by molar-refractivity contribution is 5.19. The van der Waals surface area contributed by atoms with E-state index in [9.17, 15) is 0 Å². The van der Waals surface area contributed by atoms with Crippen LogP contribution in [0, 0.1) is 12.8 Å². The average Bonchev–Trinajstić information content (AvgIpc) is 2.17. The molecule has 1 heterocycles. The van der Waals surface area contributed by atoms with Crippen molar-refractivity contribution in [3.8, 4) is 0 Å².